The van der Waals surface area contributed by atoms with Crippen LogP contribution in [0.25, 0.3) is 0 Å². The molecule has 0 aliphatic carbocycles. The molecular weight excluding hydrogens is 124 g/mol. The first-order valence-corrected chi connectivity index (χ1v) is 3.62. The maximum atomic E-state index is 4.19. The van der Waals surface area contributed by atoms with E-state index in [1.165, 1.54) is 5.57 Å². The fourth-order valence-electron chi connectivity index (χ4n) is 1.03. The van der Waals surface area contributed by atoms with Gasteiger partial charge in [0.05, 0.1) is 0 Å². The molecule has 2 nitrogen and oxygen atoms in total. The Morgan fingerprint density at radius 1 is 1.60 bits per heavy atom. The quantitative estimate of drug-likeness (QED) is 0.554. The zero-order valence-corrected chi connectivity index (χ0v) is 6.67. The van der Waals surface area contributed by atoms with E-state index in [0.717, 1.165) is 19.5 Å². The van der Waals surface area contributed by atoms with E-state index < -0.39 is 0 Å². The first-order chi connectivity index (χ1) is 4.79. The van der Waals surface area contributed by atoms with Gasteiger partial charge in [-0.1, -0.05) is 6.08 Å². The Balaban J connectivity index is 2.40. The number of hydrogen-bond donors (Lipinski definition) is 0. The van der Waals surface area contributed by atoms with Crippen LogP contribution in [0.3, 0.4) is 0 Å². The molecule has 0 radical (unpaired) electrons. The second-order valence-corrected chi connectivity index (χ2v) is 2.84. The first-order valence-electron chi connectivity index (χ1n) is 3.62. The van der Waals surface area contributed by atoms with E-state index in [1.54, 1.807) is 0 Å². The van der Waals surface area contributed by atoms with Crippen LogP contribution in [0.1, 0.15) is 6.42 Å². The van der Waals surface area contributed by atoms with Crippen molar-refractivity contribution in [2.75, 3.05) is 27.2 Å². The predicted molar refractivity (Wildman–Crippen MR) is 44.6 cm³/mol. The lowest BCUT2D eigenvalue weighted by Gasteiger charge is -2.11. The van der Waals surface area contributed by atoms with Gasteiger partial charge in [0, 0.05) is 19.3 Å². The molecule has 0 saturated heterocycles. The van der Waals surface area contributed by atoms with Gasteiger partial charge >= 0.3 is 0 Å². The van der Waals surface area contributed by atoms with E-state index in [4.69, 9.17) is 0 Å². The number of rotatable bonds is 2. The second kappa shape index (κ2) is 3.52. The summed E-state index contributed by atoms with van der Waals surface area (Å²) < 4.78 is 0. The Morgan fingerprint density at radius 3 is 2.90 bits per heavy atom. The highest BCUT2D eigenvalue weighted by Crippen LogP contribution is 2.00. The van der Waals surface area contributed by atoms with Gasteiger partial charge in [-0.2, -0.15) is 0 Å². The SMILES string of the molecule is CN(C)CC1=CCCN=C1. The van der Waals surface area contributed by atoms with Crippen LogP contribution < -0.4 is 0 Å². The zero-order chi connectivity index (χ0) is 7.40. The van der Waals surface area contributed by atoms with Gasteiger partial charge in [0.1, 0.15) is 0 Å². The second-order valence-electron chi connectivity index (χ2n) is 2.84. The van der Waals surface area contributed by atoms with Gasteiger partial charge in [0.2, 0.25) is 0 Å². The van der Waals surface area contributed by atoms with Crippen molar-refractivity contribution in [1.82, 2.24) is 4.90 Å². The third-order valence-electron chi connectivity index (χ3n) is 1.42. The lowest BCUT2D eigenvalue weighted by Crippen LogP contribution is -2.16. The van der Waals surface area contributed by atoms with Crippen molar-refractivity contribution in [3.8, 4) is 0 Å². The Kier molecular flexibility index (Phi) is 2.63. The average molecular weight is 138 g/mol. The molecule has 1 aliphatic rings. The minimum absolute atomic E-state index is 0.969. The van der Waals surface area contributed by atoms with Gasteiger partial charge in [-0.15, -0.1) is 0 Å². The summed E-state index contributed by atoms with van der Waals surface area (Å²) in [6.07, 6.45) is 5.34. The van der Waals surface area contributed by atoms with Crippen molar-refractivity contribution in [3.05, 3.63) is 11.6 Å². The smallest absolute Gasteiger partial charge is 0.0424 e. The molecule has 2 heteroatoms. The molecule has 0 bridgehead atoms. The van der Waals surface area contributed by atoms with Crippen LogP contribution in [0.15, 0.2) is 16.6 Å². The molecule has 1 aliphatic heterocycles. The van der Waals surface area contributed by atoms with Crippen molar-refractivity contribution in [2.24, 2.45) is 4.99 Å². The van der Waals surface area contributed by atoms with Gasteiger partial charge in [0.15, 0.2) is 0 Å². The normalized spacial score (nSPS) is 17.7. The summed E-state index contributed by atoms with van der Waals surface area (Å²) in [5.74, 6) is 0. The van der Waals surface area contributed by atoms with Crippen LogP contribution in [0.4, 0.5) is 0 Å². The molecule has 56 valence electrons. The van der Waals surface area contributed by atoms with E-state index in [9.17, 15) is 0 Å². The summed E-state index contributed by atoms with van der Waals surface area (Å²) >= 11 is 0. The third kappa shape index (κ3) is 2.31. The molecule has 0 spiro atoms. The average Bonchev–Trinajstić information content (AvgIpc) is 1.88. The van der Waals surface area contributed by atoms with Crippen LogP contribution in [0.5, 0.6) is 0 Å². The lowest BCUT2D eigenvalue weighted by molar-refractivity contribution is 0.450. The van der Waals surface area contributed by atoms with Crippen LogP contribution in [0, 0.1) is 0 Å². The molecule has 10 heavy (non-hydrogen) atoms. The molecular formula is C8H14N2. The standard InChI is InChI=1S/C8H14N2/c1-10(2)7-8-4-3-5-9-6-8/h4,6H,3,5,7H2,1-2H3. The van der Waals surface area contributed by atoms with Crippen molar-refractivity contribution in [3.63, 3.8) is 0 Å². The van der Waals surface area contributed by atoms with Crippen molar-refractivity contribution in [1.29, 1.82) is 0 Å². The number of hydrogen-bond acceptors (Lipinski definition) is 2. The van der Waals surface area contributed by atoms with Crippen molar-refractivity contribution >= 4 is 6.21 Å². The molecule has 0 fully saturated rings. The van der Waals surface area contributed by atoms with Crippen LogP contribution >= 0.6 is 0 Å². The number of likely N-dealkylation sites (N-methyl/N-ethyl adjacent to an activating group) is 1. The van der Waals surface area contributed by atoms with E-state index in [0.29, 0.717) is 0 Å². The summed E-state index contributed by atoms with van der Waals surface area (Å²) in [6.45, 7) is 1.99. The van der Waals surface area contributed by atoms with Crippen molar-refractivity contribution in [2.45, 2.75) is 6.42 Å². The summed E-state index contributed by atoms with van der Waals surface area (Å²) in [6, 6.07) is 0. The zero-order valence-electron chi connectivity index (χ0n) is 6.67. The molecule has 0 unspecified atom stereocenters. The summed E-state index contributed by atoms with van der Waals surface area (Å²) in [7, 11) is 4.15. The molecule has 1 heterocycles. The van der Waals surface area contributed by atoms with E-state index in [2.05, 4.69) is 30.1 Å². The number of dihydropyridines is 1. The Bertz CT molecular complexity index is 157. The van der Waals surface area contributed by atoms with E-state index in [-0.39, 0.29) is 0 Å². The Morgan fingerprint density at radius 2 is 2.40 bits per heavy atom. The lowest BCUT2D eigenvalue weighted by atomic mass is 10.2. The van der Waals surface area contributed by atoms with Gasteiger partial charge in [-0.3, -0.25) is 4.99 Å². The molecule has 0 atom stereocenters. The topological polar surface area (TPSA) is 15.6 Å². The molecule has 0 saturated carbocycles. The van der Waals surface area contributed by atoms with Gasteiger partial charge in [0.25, 0.3) is 0 Å². The molecule has 0 aromatic carbocycles. The summed E-state index contributed by atoms with van der Waals surface area (Å²) in [4.78, 5) is 6.35. The van der Waals surface area contributed by atoms with Gasteiger partial charge in [-0.25, -0.2) is 0 Å². The Labute approximate surface area is 62.3 Å². The fourth-order valence-corrected chi connectivity index (χ4v) is 1.03. The summed E-state index contributed by atoms with van der Waals surface area (Å²) in [5, 5.41) is 0. The highest BCUT2D eigenvalue weighted by molar-refractivity contribution is 5.79. The van der Waals surface area contributed by atoms with Gasteiger partial charge in [-0.05, 0) is 26.1 Å². The maximum Gasteiger partial charge on any atom is 0.0424 e. The van der Waals surface area contributed by atoms with Crippen molar-refractivity contribution < 1.29 is 0 Å². The highest BCUT2D eigenvalue weighted by atomic mass is 15.0. The number of nitrogens with zero attached hydrogens (tertiary/aromatic N) is 2. The highest BCUT2D eigenvalue weighted by Gasteiger charge is 1.98. The summed E-state index contributed by atoms with van der Waals surface area (Å²) in [5.41, 5.74) is 1.34. The van der Waals surface area contributed by atoms with Gasteiger partial charge < -0.3 is 4.90 Å². The largest absolute Gasteiger partial charge is 0.305 e. The van der Waals surface area contributed by atoms with E-state index >= 15 is 0 Å². The molecule has 0 aromatic heterocycles. The Hall–Kier alpha value is -0.630. The third-order valence-corrected chi connectivity index (χ3v) is 1.42. The monoisotopic (exact) mass is 138 g/mol. The molecule has 0 amide bonds. The maximum absolute atomic E-state index is 4.19. The minimum Gasteiger partial charge on any atom is -0.305 e. The minimum atomic E-state index is 0.969. The fraction of sp³-hybridized carbons (Fsp3) is 0.625. The number of aliphatic imine (C=N–C) groups is 1. The molecule has 0 aromatic rings. The van der Waals surface area contributed by atoms with Crippen LogP contribution in [0.2, 0.25) is 0 Å². The molecule has 1 rings (SSSR count). The van der Waals surface area contributed by atoms with Crippen LogP contribution in [-0.4, -0.2) is 38.3 Å². The molecule has 0 N–H and O–H groups in total. The van der Waals surface area contributed by atoms with E-state index in [1.807, 2.05) is 6.21 Å². The first kappa shape index (κ1) is 7.48. The predicted octanol–water partition coefficient (Wildman–Crippen LogP) is 0.949. The van der Waals surface area contributed by atoms with Crippen LogP contribution in [-0.2, 0) is 0 Å².